The standard InChI is InChI=1S/C11H21N3O2/c1-3-4-8(2)11(16)14-6-5-13-7-9(14)10(12)15/h8-9,13H,3-7H2,1-2H3,(H2,12,15). The highest BCUT2D eigenvalue weighted by molar-refractivity contribution is 5.87. The average molecular weight is 227 g/mol. The Morgan fingerprint density at radius 1 is 1.56 bits per heavy atom. The van der Waals surface area contributed by atoms with E-state index >= 15 is 0 Å². The fourth-order valence-electron chi connectivity index (χ4n) is 2.06. The zero-order chi connectivity index (χ0) is 12.1. The maximum Gasteiger partial charge on any atom is 0.241 e. The Morgan fingerprint density at radius 3 is 2.81 bits per heavy atom. The molecule has 0 radical (unpaired) electrons. The van der Waals surface area contributed by atoms with E-state index in [1.165, 1.54) is 0 Å². The number of hydrogen-bond donors (Lipinski definition) is 2. The van der Waals surface area contributed by atoms with Gasteiger partial charge in [-0.2, -0.15) is 0 Å². The van der Waals surface area contributed by atoms with Crippen molar-refractivity contribution in [1.29, 1.82) is 0 Å². The van der Waals surface area contributed by atoms with Crippen molar-refractivity contribution in [1.82, 2.24) is 10.2 Å². The molecule has 2 atom stereocenters. The van der Waals surface area contributed by atoms with Crippen LogP contribution in [0.25, 0.3) is 0 Å². The van der Waals surface area contributed by atoms with Crippen LogP contribution in [0.4, 0.5) is 0 Å². The van der Waals surface area contributed by atoms with Gasteiger partial charge in [-0.3, -0.25) is 9.59 Å². The summed E-state index contributed by atoms with van der Waals surface area (Å²) in [6.45, 7) is 5.73. The zero-order valence-electron chi connectivity index (χ0n) is 10.0. The lowest BCUT2D eigenvalue weighted by Crippen LogP contribution is -2.59. The van der Waals surface area contributed by atoms with E-state index in [2.05, 4.69) is 5.32 Å². The molecule has 0 aliphatic carbocycles. The highest BCUT2D eigenvalue weighted by Crippen LogP contribution is 2.13. The SMILES string of the molecule is CCCC(C)C(=O)N1CCNCC1C(N)=O. The number of hydrogen-bond acceptors (Lipinski definition) is 3. The number of nitrogens with one attached hydrogen (secondary N) is 1. The third-order valence-electron chi connectivity index (χ3n) is 3.00. The van der Waals surface area contributed by atoms with Gasteiger partial charge in [-0.1, -0.05) is 20.3 Å². The second-order valence-electron chi connectivity index (χ2n) is 4.34. The second-order valence-corrected chi connectivity index (χ2v) is 4.34. The number of amides is 2. The first kappa shape index (κ1) is 13.0. The van der Waals surface area contributed by atoms with E-state index in [4.69, 9.17) is 5.73 Å². The van der Waals surface area contributed by atoms with Gasteiger partial charge in [0.15, 0.2) is 0 Å². The van der Waals surface area contributed by atoms with Gasteiger partial charge in [0.05, 0.1) is 0 Å². The van der Waals surface area contributed by atoms with Gasteiger partial charge in [0, 0.05) is 25.6 Å². The first-order chi connectivity index (χ1) is 7.57. The molecule has 2 amide bonds. The first-order valence-corrected chi connectivity index (χ1v) is 5.88. The molecule has 92 valence electrons. The summed E-state index contributed by atoms with van der Waals surface area (Å²) >= 11 is 0. The minimum absolute atomic E-state index is 0.0232. The summed E-state index contributed by atoms with van der Waals surface area (Å²) in [6, 6.07) is -0.486. The maximum atomic E-state index is 12.1. The Bertz CT molecular complexity index is 268. The highest BCUT2D eigenvalue weighted by atomic mass is 16.2. The molecule has 16 heavy (non-hydrogen) atoms. The molecule has 0 aromatic heterocycles. The number of piperazine rings is 1. The Labute approximate surface area is 96.4 Å². The molecule has 3 N–H and O–H groups in total. The van der Waals surface area contributed by atoms with Crippen molar-refractivity contribution in [2.45, 2.75) is 32.7 Å². The Kier molecular flexibility index (Phi) is 4.73. The lowest BCUT2D eigenvalue weighted by Gasteiger charge is -2.35. The highest BCUT2D eigenvalue weighted by Gasteiger charge is 2.32. The second kappa shape index (κ2) is 5.84. The molecule has 2 unspecified atom stereocenters. The molecule has 0 bridgehead atoms. The number of carbonyl (C=O) groups excluding carboxylic acids is 2. The minimum Gasteiger partial charge on any atom is -0.368 e. The average Bonchev–Trinajstić information content (AvgIpc) is 2.28. The molecule has 1 heterocycles. The molecule has 1 aliphatic rings. The van der Waals surface area contributed by atoms with Crippen molar-refractivity contribution in [3.8, 4) is 0 Å². The van der Waals surface area contributed by atoms with Crippen LogP contribution in [0.5, 0.6) is 0 Å². The number of nitrogens with two attached hydrogens (primary N) is 1. The van der Waals surface area contributed by atoms with Crippen LogP contribution in [0.1, 0.15) is 26.7 Å². The lowest BCUT2D eigenvalue weighted by atomic mass is 10.0. The fourth-order valence-corrected chi connectivity index (χ4v) is 2.06. The monoisotopic (exact) mass is 227 g/mol. The Morgan fingerprint density at radius 2 is 2.25 bits per heavy atom. The summed E-state index contributed by atoms with van der Waals surface area (Å²) < 4.78 is 0. The van der Waals surface area contributed by atoms with E-state index < -0.39 is 11.9 Å². The van der Waals surface area contributed by atoms with Crippen molar-refractivity contribution in [3.63, 3.8) is 0 Å². The van der Waals surface area contributed by atoms with Gasteiger partial charge in [-0.25, -0.2) is 0 Å². The molecule has 5 heteroatoms. The van der Waals surface area contributed by atoms with Gasteiger partial charge in [0.1, 0.15) is 6.04 Å². The van der Waals surface area contributed by atoms with Gasteiger partial charge in [0.2, 0.25) is 11.8 Å². The van der Waals surface area contributed by atoms with Crippen LogP contribution in [0.2, 0.25) is 0 Å². The van der Waals surface area contributed by atoms with Crippen molar-refractivity contribution in [3.05, 3.63) is 0 Å². The van der Waals surface area contributed by atoms with E-state index in [0.29, 0.717) is 13.1 Å². The van der Waals surface area contributed by atoms with Crippen molar-refractivity contribution in [2.75, 3.05) is 19.6 Å². The third-order valence-corrected chi connectivity index (χ3v) is 3.00. The molecule has 1 aliphatic heterocycles. The smallest absolute Gasteiger partial charge is 0.241 e. The molecule has 5 nitrogen and oxygen atoms in total. The summed E-state index contributed by atoms with van der Waals surface area (Å²) in [4.78, 5) is 25.0. The molecule has 1 saturated heterocycles. The number of primary amides is 1. The van der Waals surface area contributed by atoms with Crippen LogP contribution in [0.15, 0.2) is 0 Å². The topological polar surface area (TPSA) is 75.4 Å². The van der Waals surface area contributed by atoms with Gasteiger partial charge >= 0.3 is 0 Å². The quantitative estimate of drug-likeness (QED) is 0.693. The van der Waals surface area contributed by atoms with Crippen molar-refractivity contribution < 1.29 is 9.59 Å². The third kappa shape index (κ3) is 2.95. The summed E-state index contributed by atoms with van der Waals surface area (Å²) in [7, 11) is 0. The molecule has 0 spiro atoms. The Hall–Kier alpha value is -1.10. The van der Waals surface area contributed by atoms with E-state index in [1.807, 2.05) is 13.8 Å². The minimum atomic E-state index is -0.486. The van der Waals surface area contributed by atoms with Crippen molar-refractivity contribution >= 4 is 11.8 Å². The first-order valence-electron chi connectivity index (χ1n) is 5.88. The number of nitrogens with zero attached hydrogens (tertiary/aromatic N) is 1. The predicted molar refractivity (Wildman–Crippen MR) is 61.6 cm³/mol. The van der Waals surface area contributed by atoms with Crippen LogP contribution in [-0.4, -0.2) is 42.4 Å². The summed E-state index contributed by atoms with van der Waals surface area (Å²) in [5.74, 6) is -0.402. The molecule has 1 rings (SSSR count). The van der Waals surface area contributed by atoms with Crippen LogP contribution in [0.3, 0.4) is 0 Å². The van der Waals surface area contributed by atoms with Gasteiger partial charge < -0.3 is 16.0 Å². The van der Waals surface area contributed by atoms with E-state index in [9.17, 15) is 9.59 Å². The summed E-state index contributed by atoms with van der Waals surface area (Å²) in [6.07, 6.45) is 1.83. The maximum absolute atomic E-state index is 12.1. The van der Waals surface area contributed by atoms with Crippen molar-refractivity contribution in [2.24, 2.45) is 11.7 Å². The summed E-state index contributed by atoms with van der Waals surface area (Å²) in [5, 5.41) is 3.08. The van der Waals surface area contributed by atoms with Crippen LogP contribution >= 0.6 is 0 Å². The molecular formula is C11H21N3O2. The molecular weight excluding hydrogens is 206 g/mol. The largest absolute Gasteiger partial charge is 0.368 e. The summed E-state index contributed by atoms with van der Waals surface area (Å²) in [5.41, 5.74) is 5.30. The Balaban J connectivity index is 2.67. The van der Waals surface area contributed by atoms with Gasteiger partial charge in [-0.15, -0.1) is 0 Å². The van der Waals surface area contributed by atoms with Gasteiger partial charge in [-0.05, 0) is 6.42 Å². The molecule has 0 saturated carbocycles. The lowest BCUT2D eigenvalue weighted by molar-refractivity contribution is -0.143. The predicted octanol–water partition coefficient (Wildman–Crippen LogP) is -0.292. The number of carbonyl (C=O) groups is 2. The van der Waals surface area contributed by atoms with E-state index in [0.717, 1.165) is 19.4 Å². The van der Waals surface area contributed by atoms with Crippen LogP contribution in [0, 0.1) is 5.92 Å². The van der Waals surface area contributed by atoms with Crippen LogP contribution in [-0.2, 0) is 9.59 Å². The van der Waals surface area contributed by atoms with Crippen LogP contribution < -0.4 is 11.1 Å². The molecule has 1 fully saturated rings. The fraction of sp³-hybridized carbons (Fsp3) is 0.818. The normalized spacial score (nSPS) is 22.9. The van der Waals surface area contributed by atoms with Gasteiger partial charge in [0.25, 0.3) is 0 Å². The zero-order valence-corrected chi connectivity index (χ0v) is 10.0. The molecule has 0 aromatic rings. The van der Waals surface area contributed by atoms with E-state index in [1.54, 1.807) is 4.90 Å². The molecule has 0 aromatic carbocycles. The van der Waals surface area contributed by atoms with E-state index in [-0.39, 0.29) is 11.8 Å². The number of rotatable bonds is 4.